The molecule has 108 valence electrons. The summed E-state index contributed by atoms with van der Waals surface area (Å²) in [6.07, 6.45) is 7.38. The summed E-state index contributed by atoms with van der Waals surface area (Å²) in [6, 6.07) is 0.354. The number of allylic oxidation sites excluding steroid dienone is 2. The zero-order chi connectivity index (χ0) is 14.0. The molecule has 2 aliphatic carbocycles. The molecule has 2 rings (SSSR count). The molecule has 0 aromatic carbocycles. The molecule has 0 aliphatic heterocycles. The third-order valence-corrected chi connectivity index (χ3v) is 4.93. The minimum absolute atomic E-state index is 0.0713. The number of nitrogens with one attached hydrogen (secondary N) is 1. The molecule has 0 saturated heterocycles. The molecular formula is C16H28N2O. The summed E-state index contributed by atoms with van der Waals surface area (Å²) in [7, 11) is 0. The van der Waals surface area contributed by atoms with Crippen molar-refractivity contribution in [3.63, 3.8) is 0 Å². The first-order valence-corrected chi connectivity index (χ1v) is 7.79. The second-order valence-corrected chi connectivity index (χ2v) is 6.13. The molecule has 19 heavy (non-hydrogen) atoms. The normalized spacial score (nSPS) is 31.5. The Morgan fingerprint density at radius 2 is 1.95 bits per heavy atom. The van der Waals surface area contributed by atoms with Gasteiger partial charge in [-0.25, -0.2) is 0 Å². The molecule has 0 heterocycles. The summed E-state index contributed by atoms with van der Waals surface area (Å²) in [6.45, 7) is 9.92. The van der Waals surface area contributed by atoms with Gasteiger partial charge in [-0.3, -0.25) is 4.79 Å². The van der Waals surface area contributed by atoms with Gasteiger partial charge in [0.15, 0.2) is 0 Å². The Kier molecular flexibility index (Phi) is 4.67. The second-order valence-electron chi connectivity index (χ2n) is 6.13. The summed E-state index contributed by atoms with van der Waals surface area (Å²) >= 11 is 0. The Bertz CT molecular complexity index is 349. The van der Waals surface area contributed by atoms with Crippen LogP contribution in [0.15, 0.2) is 12.2 Å². The van der Waals surface area contributed by atoms with E-state index in [2.05, 4.69) is 24.4 Å². The molecule has 0 radical (unpaired) electrons. The molecule has 1 fully saturated rings. The van der Waals surface area contributed by atoms with Crippen molar-refractivity contribution in [2.24, 2.45) is 17.8 Å². The maximum Gasteiger partial charge on any atom is 0.239 e. The lowest BCUT2D eigenvalue weighted by atomic mass is 9.87. The summed E-state index contributed by atoms with van der Waals surface area (Å²) < 4.78 is 0. The van der Waals surface area contributed by atoms with Gasteiger partial charge < -0.3 is 10.2 Å². The number of fused-ring (bicyclic) bond motifs is 2. The molecule has 5 unspecified atom stereocenters. The van der Waals surface area contributed by atoms with E-state index in [1.807, 2.05) is 25.7 Å². The zero-order valence-corrected chi connectivity index (χ0v) is 12.7. The molecule has 0 spiro atoms. The number of hydrogen-bond donors (Lipinski definition) is 1. The van der Waals surface area contributed by atoms with E-state index < -0.39 is 0 Å². The van der Waals surface area contributed by atoms with E-state index in [0.717, 1.165) is 24.9 Å². The van der Waals surface area contributed by atoms with Crippen LogP contribution in [0.4, 0.5) is 0 Å². The average Bonchev–Trinajstić information content (AvgIpc) is 3.02. The van der Waals surface area contributed by atoms with Crippen LogP contribution in [0.3, 0.4) is 0 Å². The monoisotopic (exact) mass is 264 g/mol. The zero-order valence-electron chi connectivity index (χ0n) is 12.7. The Morgan fingerprint density at radius 3 is 2.42 bits per heavy atom. The van der Waals surface area contributed by atoms with Gasteiger partial charge in [-0.05, 0) is 58.3 Å². The highest BCUT2D eigenvalue weighted by Crippen LogP contribution is 2.44. The summed E-state index contributed by atoms with van der Waals surface area (Å²) in [5, 5.41) is 3.53. The third-order valence-electron chi connectivity index (χ3n) is 4.93. The SMILES string of the molecule is CCN(CC)C(=O)C(C)NC(C)C1CC2C=CC1C2. The highest BCUT2D eigenvalue weighted by molar-refractivity contribution is 5.81. The van der Waals surface area contributed by atoms with E-state index in [1.165, 1.54) is 12.8 Å². The molecule has 1 saturated carbocycles. The van der Waals surface area contributed by atoms with Gasteiger partial charge in [0.1, 0.15) is 0 Å². The predicted octanol–water partition coefficient (Wildman–Crippen LogP) is 2.43. The Labute approximate surface area is 117 Å². The lowest BCUT2D eigenvalue weighted by Gasteiger charge is -2.31. The van der Waals surface area contributed by atoms with E-state index >= 15 is 0 Å². The number of carbonyl (C=O) groups excluding carboxylic acids is 1. The Hall–Kier alpha value is -0.830. The van der Waals surface area contributed by atoms with Gasteiger partial charge in [0.05, 0.1) is 6.04 Å². The number of carbonyl (C=O) groups is 1. The van der Waals surface area contributed by atoms with E-state index in [0.29, 0.717) is 12.0 Å². The first-order valence-electron chi connectivity index (χ1n) is 7.79. The molecule has 3 nitrogen and oxygen atoms in total. The quantitative estimate of drug-likeness (QED) is 0.747. The van der Waals surface area contributed by atoms with Crippen LogP contribution in [0.1, 0.15) is 40.5 Å². The van der Waals surface area contributed by atoms with E-state index in [-0.39, 0.29) is 11.9 Å². The molecule has 1 amide bonds. The van der Waals surface area contributed by atoms with E-state index in [4.69, 9.17) is 0 Å². The van der Waals surface area contributed by atoms with Crippen LogP contribution < -0.4 is 5.32 Å². The molecule has 0 aromatic heterocycles. The van der Waals surface area contributed by atoms with Crippen molar-refractivity contribution in [3.05, 3.63) is 12.2 Å². The van der Waals surface area contributed by atoms with Gasteiger partial charge in [0.25, 0.3) is 0 Å². The van der Waals surface area contributed by atoms with E-state index in [9.17, 15) is 4.79 Å². The Balaban J connectivity index is 1.86. The number of rotatable bonds is 6. The first kappa shape index (κ1) is 14.6. The van der Waals surface area contributed by atoms with Crippen molar-refractivity contribution in [3.8, 4) is 0 Å². The molecule has 1 N–H and O–H groups in total. The molecule has 2 bridgehead atoms. The predicted molar refractivity (Wildman–Crippen MR) is 78.8 cm³/mol. The standard InChI is InChI=1S/C16H28N2O/c1-5-18(6-2)16(19)12(4)17-11(3)15-10-13-7-8-14(15)9-13/h7-8,11-15,17H,5-6,9-10H2,1-4H3. The van der Waals surface area contributed by atoms with Gasteiger partial charge in [-0.1, -0.05) is 12.2 Å². The van der Waals surface area contributed by atoms with E-state index in [1.54, 1.807) is 0 Å². The van der Waals surface area contributed by atoms with Crippen molar-refractivity contribution in [2.75, 3.05) is 13.1 Å². The van der Waals surface area contributed by atoms with Crippen molar-refractivity contribution in [1.82, 2.24) is 10.2 Å². The van der Waals surface area contributed by atoms with Gasteiger partial charge in [0.2, 0.25) is 5.91 Å². The van der Waals surface area contributed by atoms with Crippen molar-refractivity contribution in [1.29, 1.82) is 0 Å². The third kappa shape index (κ3) is 3.02. The van der Waals surface area contributed by atoms with Crippen molar-refractivity contribution >= 4 is 5.91 Å². The van der Waals surface area contributed by atoms with Gasteiger partial charge in [-0.15, -0.1) is 0 Å². The smallest absolute Gasteiger partial charge is 0.239 e. The van der Waals surface area contributed by atoms with Gasteiger partial charge in [-0.2, -0.15) is 0 Å². The second kappa shape index (κ2) is 6.08. The summed E-state index contributed by atoms with van der Waals surface area (Å²) in [5.74, 6) is 2.48. The fourth-order valence-electron chi connectivity index (χ4n) is 3.80. The lowest BCUT2D eigenvalue weighted by molar-refractivity contribution is -0.132. The summed E-state index contributed by atoms with van der Waals surface area (Å²) in [4.78, 5) is 14.2. The van der Waals surface area contributed by atoms with Crippen LogP contribution >= 0.6 is 0 Å². The first-order chi connectivity index (χ1) is 9.06. The number of nitrogens with zero attached hydrogens (tertiary/aromatic N) is 1. The van der Waals surface area contributed by atoms with Crippen molar-refractivity contribution in [2.45, 2.75) is 52.6 Å². The minimum atomic E-state index is -0.0713. The highest BCUT2D eigenvalue weighted by Gasteiger charge is 2.39. The average molecular weight is 264 g/mol. The molecular weight excluding hydrogens is 236 g/mol. The minimum Gasteiger partial charge on any atom is -0.342 e. The van der Waals surface area contributed by atoms with Crippen LogP contribution in [0, 0.1) is 17.8 Å². The lowest BCUT2D eigenvalue weighted by Crippen LogP contribution is -2.49. The van der Waals surface area contributed by atoms with Gasteiger partial charge in [0, 0.05) is 19.1 Å². The summed E-state index contributed by atoms with van der Waals surface area (Å²) in [5.41, 5.74) is 0. The van der Waals surface area contributed by atoms with Crippen LogP contribution in [0.25, 0.3) is 0 Å². The highest BCUT2D eigenvalue weighted by atomic mass is 16.2. The fraction of sp³-hybridized carbons (Fsp3) is 0.812. The van der Waals surface area contributed by atoms with Gasteiger partial charge >= 0.3 is 0 Å². The van der Waals surface area contributed by atoms with Crippen LogP contribution in [-0.4, -0.2) is 36.0 Å². The maximum absolute atomic E-state index is 12.3. The van der Waals surface area contributed by atoms with Crippen LogP contribution in [0.5, 0.6) is 0 Å². The van der Waals surface area contributed by atoms with Crippen molar-refractivity contribution < 1.29 is 4.79 Å². The number of hydrogen-bond acceptors (Lipinski definition) is 2. The fourth-order valence-corrected chi connectivity index (χ4v) is 3.80. The largest absolute Gasteiger partial charge is 0.342 e. The van der Waals surface area contributed by atoms with Crippen LogP contribution in [-0.2, 0) is 4.79 Å². The molecule has 0 aromatic rings. The number of amides is 1. The molecule has 3 heteroatoms. The number of likely N-dealkylation sites (N-methyl/N-ethyl adjacent to an activating group) is 1. The molecule has 2 aliphatic rings. The Morgan fingerprint density at radius 1 is 1.26 bits per heavy atom. The van der Waals surface area contributed by atoms with Crippen LogP contribution in [0.2, 0.25) is 0 Å². The maximum atomic E-state index is 12.3. The molecule has 5 atom stereocenters. The topological polar surface area (TPSA) is 32.3 Å².